The van der Waals surface area contributed by atoms with Crippen LogP contribution >= 0.6 is 0 Å². The van der Waals surface area contributed by atoms with Crippen LogP contribution in [-0.2, 0) is 11.2 Å². The van der Waals surface area contributed by atoms with Crippen molar-refractivity contribution in [3.05, 3.63) is 180 Å². The van der Waals surface area contributed by atoms with Gasteiger partial charge in [0, 0.05) is 22.3 Å². The van der Waals surface area contributed by atoms with Crippen LogP contribution in [0.4, 0.5) is 0 Å². The second-order valence-electron chi connectivity index (χ2n) is 10.8. The van der Waals surface area contributed by atoms with E-state index in [4.69, 9.17) is 0 Å². The highest BCUT2D eigenvalue weighted by Gasteiger charge is 2.44. The molecule has 0 saturated heterocycles. The molecule has 2 nitrogen and oxygen atoms in total. The van der Waals surface area contributed by atoms with E-state index in [2.05, 4.69) is 43.5 Å². The molecule has 0 radical (unpaired) electrons. The van der Waals surface area contributed by atoms with E-state index >= 15 is 0 Å². The molecule has 230 valence electrons. The van der Waals surface area contributed by atoms with Crippen molar-refractivity contribution < 1.29 is 10.2 Å². The lowest BCUT2D eigenvalue weighted by Crippen LogP contribution is -2.26. The topological polar surface area (TPSA) is 40.5 Å². The monoisotopic (exact) mass is 594 g/mol. The van der Waals surface area contributed by atoms with Crippen molar-refractivity contribution in [2.24, 2.45) is 0 Å². The summed E-state index contributed by atoms with van der Waals surface area (Å²) in [6.07, 6.45) is 11.3. The minimum Gasteiger partial charge on any atom is -0.376 e. The first-order chi connectivity index (χ1) is 21.9. The van der Waals surface area contributed by atoms with Gasteiger partial charge >= 0.3 is 0 Å². The Morgan fingerprint density at radius 1 is 0.600 bits per heavy atom. The van der Waals surface area contributed by atoms with Crippen molar-refractivity contribution in [1.82, 2.24) is 0 Å². The molecule has 0 heterocycles. The Morgan fingerprint density at radius 2 is 0.978 bits per heavy atom. The van der Waals surface area contributed by atoms with Gasteiger partial charge in [0.1, 0.15) is 11.2 Å². The van der Waals surface area contributed by atoms with Gasteiger partial charge in [-0.2, -0.15) is 0 Å². The molecule has 45 heavy (non-hydrogen) atoms. The van der Waals surface area contributed by atoms with Crippen molar-refractivity contribution in [3.63, 3.8) is 0 Å². The number of fused-ring (bicyclic) bond motifs is 6. The van der Waals surface area contributed by atoms with Crippen LogP contribution < -0.4 is 0 Å². The van der Waals surface area contributed by atoms with Gasteiger partial charge in [0.2, 0.25) is 0 Å². The highest BCUT2D eigenvalue weighted by molar-refractivity contribution is 5.83. The molecule has 0 aliphatic heterocycles. The Balaban J connectivity index is 0.00000111. The molecule has 2 N–H and O–H groups in total. The molecule has 2 heteroatoms. The molecule has 2 aliphatic carbocycles. The molecule has 0 amide bonds. The first kappa shape index (κ1) is 33.4. The predicted molar refractivity (Wildman–Crippen MR) is 192 cm³/mol. The van der Waals surface area contributed by atoms with Gasteiger partial charge in [0.05, 0.1) is 0 Å². The first-order valence-corrected chi connectivity index (χ1v) is 16.1. The minimum absolute atomic E-state index is 0.701. The van der Waals surface area contributed by atoms with Crippen molar-refractivity contribution in [3.8, 4) is 22.3 Å². The Hall–Kier alpha value is -4.50. The Labute approximate surface area is 270 Å². The van der Waals surface area contributed by atoms with Gasteiger partial charge < -0.3 is 10.2 Å². The molecule has 2 aliphatic rings. The summed E-state index contributed by atoms with van der Waals surface area (Å²) >= 11 is 0. The number of rotatable bonds is 8. The van der Waals surface area contributed by atoms with Crippen molar-refractivity contribution in [2.75, 3.05) is 0 Å². The maximum absolute atomic E-state index is 12.3. The third-order valence-corrected chi connectivity index (χ3v) is 8.57. The highest BCUT2D eigenvalue weighted by Crippen LogP contribution is 2.52. The fourth-order valence-corrected chi connectivity index (χ4v) is 6.55. The zero-order valence-corrected chi connectivity index (χ0v) is 27.3. The van der Waals surface area contributed by atoms with E-state index in [0.29, 0.717) is 5.57 Å². The number of benzene rings is 4. The van der Waals surface area contributed by atoms with Crippen molar-refractivity contribution >= 4 is 0 Å². The minimum atomic E-state index is -1.31. The van der Waals surface area contributed by atoms with E-state index in [9.17, 15) is 10.2 Å². The summed E-state index contributed by atoms with van der Waals surface area (Å²) in [6, 6.07) is 32.2. The maximum atomic E-state index is 12.3. The lowest BCUT2D eigenvalue weighted by Gasteiger charge is -2.28. The van der Waals surface area contributed by atoms with E-state index in [1.54, 1.807) is 6.08 Å². The van der Waals surface area contributed by atoms with E-state index in [-0.39, 0.29) is 0 Å². The molecule has 0 bridgehead atoms. The number of allylic oxidation sites excluding steroid dienone is 5. The van der Waals surface area contributed by atoms with Crippen LogP contribution in [0.5, 0.6) is 0 Å². The van der Waals surface area contributed by atoms with Crippen LogP contribution in [0.3, 0.4) is 0 Å². The van der Waals surface area contributed by atoms with Gasteiger partial charge in [-0.25, -0.2) is 0 Å². The molecule has 0 aromatic heterocycles. The summed E-state index contributed by atoms with van der Waals surface area (Å²) in [5, 5.41) is 24.6. The van der Waals surface area contributed by atoms with Gasteiger partial charge in [0.15, 0.2) is 0 Å². The standard InChI is InChI=1S/C39H34O2.2C2H6/c1-4-6-15-28(26-27(3)38(40)34-20-11-7-16-30(34)31-17-8-12-21-35(31)38)24-25-29(5-2)39(41)36-22-13-9-18-32(36)33-19-10-14-23-37(33)39;2*1-2/h4-5,7-14,16-26,40-41H,1-2,6,15H2,3H3;2*1-2H3/b27-26+,28-24+,29-25+;;. The second-order valence-corrected chi connectivity index (χ2v) is 10.8. The largest absolute Gasteiger partial charge is 0.376 e. The highest BCUT2D eigenvalue weighted by atomic mass is 16.3. The first-order valence-electron chi connectivity index (χ1n) is 16.1. The third-order valence-electron chi connectivity index (χ3n) is 8.57. The average Bonchev–Trinajstić information content (AvgIpc) is 3.53. The van der Waals surface area contributed by atoms with Crippen LogP contribution in [-0.4, -0.2) is 10.2 Å². The normalized spacial score (nSPS) is 15.2. The van der Waals surface area contributed by atoms with Crippen molar-refractivity contribution in [2.45, 2.75) is 58.7 Å². The maximum Gasteiger partial charge on any atom is 0.141 e. The number of hydrogen-bond donors (Lipinski definition) is 2. The molecule has 0 saturated carbocycles. The molecule has 4 aromatic rings. The summed E-state index contributed by atoms with van der Waals surface area (Å²) in [4.78, 5) is 0. The van der Waals surface area contributed by atoms with Crippen LogP contribution in [0, 0.1) is 0 Å². The molecular weight excluding hydrogens is 548 g/mol. The Morgan fingerprint density at radius 3 is 1.36 bits per heavy atom. The Kier molecular flexibility index (Phi) is 10.8. The number of hydrogen-bond acceptors (Lipinski definition) is 2. The van der Waals surface area contributed by atoms with Gasteiger partial charge in [-0.1, -0.05) is 162 Å². The van der Waals surface area contributed by atoms with Gasteiger partial charge in [-0.05, 0) is 58.7 Å². The second kappa shape index (κ2) is 14.5. The molecule has 6 rings (SSSR count). The molecule has 0 unspecified atom stereocenters. The van der Waals surface area contributed by atoms with Crippen LogP contribution in [0.25, 0.3) is 22.3 Å². The molecule has 0 spiro atoms. The zero-order valence-electron chi connectivity index (χ0n) is 27.3. The van der Waals surface area contributed by atoms with E-state index in [0.717, 1.165) is 68.5 Å². The average molecular weight is 595 g/mol. The third kappa shape index (κ3) is 5.73. The van der Waals surface area contributed by atoms with E-state index < -0.39 is 11.2 Å². The van der Waals surface area contributed by atoms with Gasteiger partial charge in [0.25, 0.3) is 0 Å². The fourth-order valence-electron chi connectivity index (χ4n) is 6.55. The van der Waals surface area contributed by atoms with Crippen LogP contribution in [0.1, 0.15) is 69.7 Å². The summed E-state index contributed by atoms with van der Waals surface area (Å²) in [5.74, 6) is 0. The van der Waals surface area contributed by atoms with Gasteiger partial charge in [-0.3, -0.25) is 0 Å². The fraction of sp³-hybridized carbons (Fsp3) is 0.209. The summed E-state index contributed by atoms with van der Waals surface area (Å²) in [7, 11) is 0. The molecule has 4 aromatic carbocycles. The summed E-state index contributed by atoms with van der Waals surface area (Å²) < 4.78 is 0. The van der Waals surface area contributed by atoms with Crippen LogP contribution in [0.2, 0.25) is 0 Å². The predicted octanol–water partition coefficient (Wildman–Crippen LogP) is 10.8. The quantitative estimate of drug-likeness (QED) is 0.157. The van der Waals surface area contributed by atoms with Crippen molar-refractivity contribution in [1.29, 1.82) is 0 Å². The SMILES string of the molecule is C=CCCC(=C\C=C(/C=C)C1(O)c2ccccc2-c2ccccc21)/C=C(\C)C1(O)c2ccccc2-c2ccccc21.CC.CC. The summed E-state index contributed by atoms with van der Waals surface area (Å²) in [5.41, 5.74) is 7.72. The smallest absolute Gasteiger partial charge is 0.141 e. The molecule has 0 atom stereocenters. The van der Waals surface area contributed by atoms with E-state index in [1.165, 1.54) is 0 Å². The lowest BCUT2D eigenvalue weighted by atomic mass is 9.82. The van der Waals surface area contributed by atoms with E-state index in [1.807, 2.05) is 126 Å². The van der Waals surface area contributed by atoms with Crippen LogP contribution in [0.15, 0.2) is 157 Å². The lowest BCUT2D eigenvalue weighted by molar-refractivity contribution is 0.126. The molecular formula is C43H46O2. The zero-order chi connectivity index (χ0) is 32.6. The Bertz CT molecular complexity index is 1670. The van der Waals surface area contributed by atoms with Gasteiger partial charge in [-0.15, -0.1) is 6.58 Å². The summed E-state index contributed by atoms with van der Waals surface area (Å²) in [6.45, 7) is 18.0. The molecule has 0 fully saturated rings. The number of aliphatic hydroxyl groups is 2.